The predicted octanol–water partition coefficient (Wildman–Crippen LogP) is 6.63. The first-order chi connectivity index (χ1) is 6.68. The van der Waals surface area contributed by atoms with E-state index >= 15 is 0 Å². The van der Waals surface area contributed by atoms with Crippen LogP contribution in [0.5, 0.6) is 0 Å². The van der Waals surface area contributed by atoms with Crippen molar-refractivity contribution in [2.24, 2.45) is 0 Å². The summed E-state index contributed by atoms with van der Waals surface area (Å²) >= 11 is 0. The zero-order chi connectivity index (χ0) is 13.0. The summed E-state index contributed by atoms with van der Waals surface area (Å²) in [6, 6.07) is 0. The molecular formula is C14H39N. The number of allylic oxidation sites excluding steroid dienone is 1. The molecule has 0 saturated heterocycles. The second-order valence-corrected chi connectivity index (χ2v) is 2.02. The fourth-order valence-electron chi connectivity index (χ4n) is 0. The first-order valence-electron chi connectivity index (χ1n) is 6.33. The zero-order valence-electron chi connectivity index (χ0n) is 13.3. The SMILES string of the molecule is C=C(C)CC.CC.CC.CC.CCC.N. The minimum Gasteiger partial charge on any atom is -0.344 e. The Balaban J connectivity index is -0.0000000179. The van der Waals surface area contributed by atoms with Crippen LogP contribution in [-0.2, 0) is 0 Å². The van der Waals surface area contributed by atoms with Crippen LogP contribution in [-0.4, -0.2) is 0 Å². The van der Waals surface area contributed by atoms with Gasteiger partial charge in [0, 0.05) is 0 Å². The molecule has 0 amide bonds. The molecule has 1 nitrogen and oxygen atoms in total. The molecule has 100 valence electrons. The maximum Gasteiger partial charge on any atom is -0.0354 e. The van der Waals surface area contributed by atoms with E-state index in [9.17, 15) is 0 Å². The third-order valence-corrected chi connectivity index (χ3v) is 0.604. The quantitative estimate of drug-likeness (QED) is 0.495. The molecule has 0 saturated carbocycles. The average Bonchev–Trinajstić information content (AvgIpc) is 2.27. The van der Waals surface area contributed by atoms with Gasteiger partial charge in [-0.1, -0.05) is 74.3 Å². The third kappa shape index (κ3) is 649. The topological polar surface area (TPSA) is 35.0 Å². The van der Waals surface area contributed by atoms with Gasteiger partial charge in [-0.3, -0.25) is 0 Å². The number of hydrogen-bond acceptors (Lipinski definition) is 1. The van der Waals surface area contributed by atoms with E-state index in [4.69, 9.17) is 0 Å². The molecule has 0 aromatic carbocycles. The number of hydrogen-bond donors (Lipinski definition) is 1. The summed E-state index contributed by atoms with van der Waals surface area (Å²) in [4.78, 5) is 0. The lowest BCUT2D eigenvalue weighted by Crippen LogP contribution is -1.58. The Morgan fingerprint density at radius 2 is 0.867 bits per heavy atom. The van der Waals surface area contributed by atoms with E-state index in [1.165, 1.54) is 12.0 Å². The zero-order valence-corrected chi connectivity index (χ0v) is 13.3. The molecule has 0 aromatic heterocycles. The Morgan fingerprint density at radius 1 is 0.800 bits per heavy atom. The monoisotopic (exact) mass is 221 g/mol. The van der Waals surface area contributed by atoms with Crippen molar-refractivity contribution in [1.82, 2.24) is 6.15 Å². The maximum atomic E-state index is 3.67. The van der Waals surface area contributed by atoms with E-state index in [1.54, 1.807) is 0 Å². The van der Waals surface area contributed by atoms with Gasteiger partial charge in [0.05, 0.1) is 0 Å². The maximum absolute atomic E-state index is 3.67. The van der Waals surface area contributed by atoms with E-state index in [1.807, 2.05) is 48.5 Å². The van der Waals surface area contributed by atoms with Crippen molar-refractivity contribution in [3.05, 3.63) is 12.2 Å². The molecule has 0 aliphatic carbocycles. The van der Waals surface area contributed by atoms with Crippen LogP contribution in [0.4, 0.5) is 0 Å². The highest BCUT2D eigenvalue weighted by Crippen LogP contribution is 1.88. The number of rotatable bonds is 1. The minimum absolute atomic E-state index is 0. The van der Waals surface area contributed by atoms with Gasteiger partial charge in [0.25, 0.3) is 0 Å². The summed E-state index contributed by atoms with van der Waals surface area (Å²) < 4.78 is 0. The molecule has 0 atom stereocenters. The Labute approximate surface area is 101 Å². The van der Waals surface area contributed by atoms with E-state index in [2.05, 4.69) is 27.4 Å². The largest absolute Gasteiger partial charge is 0.344 e. The molecule has 0 heterocycles. The summed E-state index contributed by atoms with van der Waals surface area (Å²) in [7, 11) is 0. The van der Waals surface area contributed by atoms with Crippen molar-refractivity contribution < 1.29 is 0 Å². The van der Waals surface area contributed by atoms with Gasteiger partial charge >= 0.3 is 0 Å². The first-order valence-corrected chi connectivity index (χ1v) is 6.33. The fourth-order valence-corrected chi connectivity index (χ4v) is 0. The Kier molecular flexibility index (Phi) is 243. The highest BCUT2D eigenvalue weighted by atomic mass is 14.0. The molecule has 0 aliphatic rings. The normalized spacial score (nSPS) is 4.93. The highest BCUT2D eigenvalue weighted by molar-refractivity contribution is 4.84. The van der Waals surface area contributed by atoms with Crippen molar-refractivity contribution in [2.75, 3.05) is 0 Å². The van der Waals surface area contributed by atoms with Gasteiger partial charge in [0.1, 0.15) is 0 Å². The molecule has 0 unspecified atom stereocenters. The Bertz CT molecular complexity index is 49.3. The van der Waals surface area contributed by atoms with Crippen LogP contribution < -0.4 is 6.15 Å². The molecular weight excluding hydrogens is 182 g/mol. The lowest BCUT2D eigenvalue weighted by molar-refractivity contribution is 1.09. The van der Waals surface area contributed by atoms with Crippen LogP contribution in [0.15, 0.2) is 12.2 Å². The highest BCUT2D eigenvalue weighted by Gasteiger charge is 1.67. The van der Waals surface area contributed by atoms with Gasteiger partial charge in [-0.25, -0.2) is 0 Å². The lowest BCUT2D eigenvalue weighted by Gasteiger charge is -1.79. The molecule has 0 rings (SSSR count). The van der Waals surface area contributed by atoms with Gasteiger partial charge in [-0.05, 0) is 13.3 Å². The van der Waals surface area contributed by atoms with Crippen molar-refractivity contribution in [3.8, 4) is 0 Å². The summed E-state index contributed by atoms with van der Waals surface area (Å²) in [5, 5.41) is 0. The van der Waals surface area contributed by atoms with Crippen molar-refractivity contribution >= 4 is 0 Å². The van der Waals surface area contributed by atoms with Gasteiger partial charge in [0.15, 0.2) is 0 Å². The van der Waals surface area contributed by atoms with Crippen molar-refractivity contribution in [3.63, 3.8) is 0 Å². The predicted molar refractivity (Wildman–Crippen MR) is 80.1 cm³/mol. The Morgan fingerprint density at radius 3 is 0.867 bits per heavy atom. The van der Waals surface area contributed by atoms with Crippen molar-refractivity contribution in [1.29, 1.82) is 0 Å². The van der Waals surface area contributed by atoms with Crippen LogP contribution in [0.2, 0.25) is 0 Å². The molecule has 3 N–H and O–H groups in total. The molecule has 0 radical (unpaired) electrons. The first kappa shape index (κ1) is 36.5. The van der Waals surface area contributed by atoms with Crippen molar-refractivity contribution in [2.45, 2.75) is 82.1 Å². The minimum atomic E-state index is 0. The fraction of sp³-hybridized carbons (Fsp3) is 0.857. The summed E-state index contributed by atoms with van der Waals surface area (Å²) in [6.07, 6.45) is 2.36. The molecule has 0 spiro atoms. The van der Waals surface area contributed by atoms with Crippen LogP contribution in [0.25, 0.3) is 0 Å². The van der Waals surface area contributed by atoms with E-state index < -0.39 is 0 Å². The van der Waals surface area contributed by atoms with E-state index in [0.717, 1.165) is 6.42 Å². The van der Waals surface area contributed by atoms with Gasteiger partial charge in [-0.2, -0.15) is 0 Å². The van der Waals surface area contributed by atoms with Crippen LogP contribution in [0.1, 0.15) is 82.1 Å². The lowest BCUT2D eigenvalue weighted by atomic mass is 10.3. The van der Waals surface area contributed by atoms with Crippen LogP contribution in [0, 0.1) is 0 Å². The Hall–Kier alpha value is -0.300. The average molecular weight is 221 g/mol. The molecule has 0 fully saturated rings. The molecule has 0 aromatic rings. The summed E-state index contributed by atoms with van der Waals surface area (Å²) in [5.74, 6) is 0. The summed E-state index contributed by atoms with van der Waals surface area (Å²) in [5.41, 5.74) is 1.25. The second-order valence-electron chi connectivity index (χ2n) is 2.02. The standard InChI is InChI=1S/C5H10.C3H8.3C2H6.H3N/c1-4-5(2)3;1-3-2;3*1-2;/h2,4H2,1,3H3;3H2,1-2H3;3*1-2H3;1H3. The van der Waals surface area contributed by atoms with Gasteiger partial charge < -0.3 is 6.15 Å². The second kappa shape index (κ2) is 100. The smallest absolute Gasteiger partial charge is 0.0354 e. The van der Waals surface area contributed by atoms with Gasteiger partial charge in [0.2, 0.25) is 0 Å². The van der Waals surface area contributed by atoms with E-state index in [-0.39, 0.29) is 6.15 Å². The molecule has 1 heteroatoms. The molecule has 0 bridgehead atoms. The van der Waals surface area contributed by atoms with Crippen LogP contribution in [0.3, 0.4) is 0 Å². The molecule has 0 aliphatic heterocycles. The molecule has 15 heavy (non-hydrogen) atoms. The van der Waals surface area contributed by atoms with Gasteiger partial charge in [-0.15, -0.1) is 6.58 Å². The third-order valence-electron chi connectivity index (χ3n) is 0.604. The summed E-state index contributed by atoms with van der Waals surface area (Å²) in [6.45, 7) is 24.1. The van der Waals surface area contributed by atoms with E-state index in [0.29, 0.717) is 0 Å². The van der Waals surface area contributed by atoms with Crippen LogP contribution >= 0.6 is 0 Å².